The first kappa shape index (κ1) is 15.6. The third-order valence-electron chi connectivity index (χ3n) is 2.31. The predicted octanol–water partition coefficient (Wildman–Crippen LogP) is 3.99. The maximum atomic E-state index is 11.9. The van der Waals surface area contributed by atoms with Gasteiger partial charge in [0.15, 0.2) is 0 Å². The molecule has 1 N–H and O–H groups in total. The van der Waals surface area contributed by atoms with Gasteiger partial charge in [-0.25, -0.2) is 0 Å². The van der Waals surface area contributed by atoms with E-state index in [9.17, 15) is 4.79 Å². The minimum absolute atomic E-state index is 0.0451. The Morgan fingerprint density at radius 1 is 1.39 bits per heavy atom. The van der Waals surface area contributed by atoms with Gasteiger partial charge in [-0.1, -0.05) is 34.1 Å². The quantitative estimate of drug-likeness (QED) is 0.904. The molecule has 0 bridgehead atoms. The number of hydrogen-bond donors (Lipinski definition) is 1. The van der Waals surface area contributed by atoms with Crippen LogP contribution in [-0.4, -0.2) is 16.7 Å². The molecule has 100 valence electrons. The van der Waals surface area contributed by atoms with Crippen LogP contribution in [0.1, 0.15) is 33.3 Å². The van der Waals surface area contributed by atoms with E-state index < -0.39 is 0 Å². The lowest BCUT2D eigenvalue weighted by molar-refractivity contribution is -0.121. The van der Waals surface area contributed by atoms with Crippen LogP contribution >= 0.6 is 27.7 Å². The van der Waals surface area contributed by atoms with E-state index in [-0.39, 0.29) is 16.7 Å². The van der Waals surface area contributed by atoms with Gasteiger partial charge in [0, 0.05) is 15.8 Å². The normalized spacial score (nSPS) is 13.2. The van der Waals surface area contributed by atoms with Crippen molar-refractivity contribution in [1.82, 2.24) is 5.32 Å². The molecule has 0 spiro atoms. The van der Waals surface area contributed by atoms with E-state index in [1.807, 2.05) is 45.9 Å². The standard InChI is InChI=1S/C14H20BrNOS/c1-10(13(17)16-14(2,3)4)18-9-11-7-5-6-8-12(11)15/h5-8,10H,9H2,1-4H3,(H,16,17)/t10-/m0/s1. The van der Waals surface area contributed by atoms with E-state index in [2.05, 4.69) is 27.3 Å². The fraction of sp³-hybridized carbons (Fsp3) is 0.500. The Bertz CT molecular complexity index is 415. The number of nitrogens with one attached hydrogen (secondary N) is 1. The van der Waals surface area contributed by atoms with Crippen LogP contribution in [0.3, 0.4) is 0 Å². The number of rotatable bonds is 4. The van der Waals surface area contributed by atoms with Crippen LogP contribution in [0.4, 0.5) is 0 Å². The van der Waals surface area contributed by atoms with Crippen molar-refractivity contribution in [3.05, 3.63) is 34.3 Å². The van der Waals surface area contributed by atoms with Crippen molar-refractivity contribution >= 4 is 33.6 Å². The van der Waals surface area contributed by atoms with Crippen molar-refractivity contribution in [1.29, 1.82) is 0 Å². The van der Waals surface area contributed by atoms with Gasteiger partial charge >= 0.3 is 0 Å². The summed E-state index contributed by atoms with van der Waals surface area (Å²) in [5, 5.41) is 2.95. The predicted molar refractivity (Wildman–Crippen MR) is 82.8 cm³/mol. The van der Waals surface area contributed by atoms with Gasteiger partial charge in [0.2, 0.25) is 5.91 Å². The Labute approximate surface area is 122 Å². The first-order chi connectivity index (χ1) is 8.29. The van der Waals surface area contributed by atoms with Gasteiger partial charge in [0.25, 0.3) is 0 Å². The van der Waals surface area contributed by atoms with Crippen LogP contribution in [0.15, 0.2) is 28.7 Å². The molecule has 0 unspecified atom stereocenters. The number of thioether (sulfide) groups is 1. The molecule has 0 aliphatic heterocycles. The van der Waals surface area contributed by atoms with Crippen LogP contribution in [0, 0.1) is 0 Å². The maximum absolute atomic E-state index is 11.9. The van der Waals surface area contributed by atoms with E-state index in [0.29, 0.717) is 0 Å². The summed E-state index contributed by atoms with van der Waals surface area (Å²) >= 11 is 5.17. The van der Waals surface area contributed by atoms with Crippen LogP contribution in [0.2, 0.25) is 0 Å². The van der Waals surface area contributed by atoms with E-state index in [4.69, 9.17) is 0 Å². The van der Waals surface area contributed by atoms with Gasteiger partial charge in [-0.3, -0.25) is 4.79 Å². The van der Waals surface area contributed by atoms with E-state index >= 15 is 0 Å². The van der Waals surface area contributed by atoms with Crippen molar-refractivity contribution in [2.45, 2.75) is 44.2 Å². The SMILES string of the molecule is C[C@H](SCc1ccccc1Br)C(=O)NC(C)(C)C. The van der Waals surface area contributed by atoms with Crippen molar-refractivity contribution in [2.75, 3.05) is 0 Å². The van der Waals surface area contributed by atoms with E-state index in [0.717, 1.165) is 10.2 Å². The molecule has 1 rings (SSSR count). The lowest BCUT2D eigenvalue weighted by atomic mass is 10.1. The van der Waals surface area contributed by atoms with Gasteiger partial charge in [-0.2, -0.15) is 0 Å². The molecule has 1 amide bonds. The molecule has 1 aromatic rings. The van der Waals surface area contributed by atoms with Gasteiger partial charge in [0.1, 0.15) is 0 Å². The molecule has 2 nitrogen and oxygen atoms in total. The fourth-order valence-electron chi connectivity index (χ4n) is 1.38. The molecule has 0 aromatic heterocycles. The second-order valence-corrected chi connectivity index (χ2v) is 7.47. The summed E-state index contributed by atoms with van der Waals surface area (Å²) in [6.45, 7) is 7.94. The summed E-state index contributed by atoms with van der Waals surface area (Å²) in [5.41, 5.74) is 1.05. The zero-order chi connectivity index (χ0) is 13.8. The molecule has 0 aliphatic rings. The highest BCUT2D eigenvalue weighted by molar-refractivity contribution is 9.10. The highest BCUT2D eigenvalue weighted by Gasteiger charge is 2.19. The van der Waals surface area contributed by atoms with Crippen molar-refractivity contribution in [3.8, 4) is 0 Å². The Morgan fingerprint density at radius 2 is 2.00 bits per heavy atom. The molecule has 0 aliphatic carbocycles. The molecule has 0 saturated heterocycles. The van der Waals surface area contributed by atoms with Crippen LogP contribution in [0.5, 0.6) is 0 Å². The van der Waals surface area contributed by atoms with Crippen LogP contribution < -0.4 is 5.32 Å². The minimum Gasteiger partial charge on any atom is -0.351 e. The smallest absolute Gasteiger partial charge is 0.233 e. The summed E-state index contributed by atoms with van der Waals surface area (Å²) in [6, 6.07) is 8.11. The summed E-state index contributed by atoms with van der Waals surface area (Å²) in [7, 11) is 0. The molecule has 0 heterocycles. The van der Waals surface area contributed by atoms with Crippen LogP contribution in [-0.2, 0) is 10.5 Å². The number of hydrogen-bond acceptors (Lipinski definition) is 2. The Kier molecular flexibility index (Phi) is 5.73. The van der Waals surface area contributed by atoms with E-state index in [1.54, 1.807) is 11.8 Å². The average Bonchev–Trinajstić information content (AvgIpc) is 2.25. The average molecular weight is 330 g/mol. The Balaban J connectivity index is 2.49. The summed E-state index contributed by atoms with van der Waals surface area (Å²) in [6.07, 6.45) is 0. The van der Waals surface area contributed by atoms with E-state index in [1.165, 1.54) is 5.56 Å². The zero-order valence-corrected chi connectivity index (χ0v) is 13.7. The monoisotopic (exact) mass is 329 g/mol. The fourth-order valence-corrected chi connectivity index (χ4v) is 2.88. The molecular formula is C14H20BrNOS. The lowest BCUT2D eigenvalue weighted by Crippen LogP contribution is -2.44. The maximum Gasteiger partial charge on any atom is 0.233 e. The second-order valence-electron chi connectivity index (χ2n) is 5.28. The zero-order valence-electron chi connectivity index (χ0n) is 11.3. The third-order valence-corrected chi connectivity index (χ3v) is 4.28. The first-order valence-corrected chi connectivity index (χ1v) is 7.81. The Morgan fingerprint density at radius 3 is 2.56 bits per heavy atom. The topological polar surface area (TPSA) is 29.1 Å². The van der Waals surface area contributed by atoms with Gasteiger partial charge in [0.05, 0.1) is 5.25 Å². The molecule has 0 fully saturated rings. The molecule has 1 atom stereocenters. The van der Waals surface area contributed by atoms with Crippen LogP contribution in [0.25, 0.3) is 0 Å². The highest BCUT2D eigenvalue weighted by Crippen LogP contribution is 2.24. The number of benzene rings is 1. The molecule has 18 heavy (non-hydrogen) atoms. The van der Waals surface area contributed by atoms with Crippen molar-refractivity contribution in [2.24, 2.45) is 0 Å². The third kappa shape index (κ3) is 5.44. The summed E-state index contributed by atoms with van der Waals surface area (Å²) in [4.78, 5) is 11.9. The largest absolute Gasteiger partial charge is 0.351 e. The second kappa shape index (κ2) is 6.62. The lowest BCUT2D eigenvalue weighted by Gasteiger charge is -2.23. The van der Waals surface area contributed by atoms with Crippen molar-refractivity contribution in [3.63, 3.8) is 0 Å². The molecular weight excluding hydrogens is 310 g/mol. The molecule has 0 radical (unpaired) electrons. The number of amides is 1. The first-order valence-electron chi connectivity index (χ1n) is 5.96. The summed E-state index contributed by atoms with van der Waals surface area (Å²) < 4.78 is 1.10. The van der Waals surface area contributed by atoms with Gasteiger partial charge < -0.3 is 5.32 Å². The number of carbonyl (C=O) groups is 1. The number of halogens is 1. The van der Waals surface area contributed by atoms with Gasteiger partial charge in [-0.15, -0.1) is 11.8 Å². The number of carbonyl (C=O) groups excluding carboxylic acids is 1. The molecule has 1 aromatic carbocycles. The Hall–Kier alpha value is -0.480. The highest BCUT2D eigenvalue weighted by atomic mass is 79.9. The minimum atomic E-state index is -0.167. The summed E-state index contributed by atoms with van der Waals surface area (Å²) in [5.74, 6) is 0.930. The molecule has 0 saturated carbocycles. The van der Waals surface area contributed by atoms with Gasteiger partial charge in [-0.05, 0) is 39.3 Å². The molecule has 4 heteroatoms. The van der Waals surface area contributed by atoms with Crippen molar-refractivity contribution < 1.29 is 4.79 Å².